The van der Waals surface area contributed by atoms with Gasteiger partial charge in [-0.1, -0.05) is 97.9 Å². The highest BCUT2D eigenvalue weighted by Gasteiger charge is 2.23. The zero-order chi connectivity index (χ0) is 32.3. The molecule has 1 aliphatic rings. The molecule has 0 aliphatic heterocycles. The van der Waals surface area contributed by atoms with Crippen LogP contribution >= 0.6 is 0 Å². The summed E-state index contributed by atoms with van der Waals surface area (Å²) in [6, 6.07) is 49.8. The molecule has 1 atom stereocenters. The molecule has 6 aromatic carbocycles. The van der Waals surface area contributed by atoms with Crippen LogP contribution in [0.3, 0.4) is 0 Å². The minimum Gasteiger partial charge on any atom is -0.345 e. The molecule has 0 aromatic heterocycles. The number of benzene rings is 6. The van der Waals surface area contributed by atoms with Gasteiger partial charge in [-0.05, 0) is 100 Å². The Morgan fingerprint density at radius 2 is 1.09 bits per heavy atom. The van der Waals surface area contributed by atoms with Gasteiger partial charge in [-0.15, -0.1) is 0 Å². The fraction of sp³-hybridized carbons (Fsp3) is 0.0952. The Balaban J connectivity index is 1.20. The number of allylic oxidation sites excluding steroid dienone is 1. The summed E-state index contributed by atoms with van der Waals surface area (Å²) in [5, 5.41) is 11.0. The lowest BCUT2D eigenvalue weighted by atomic mass is 9.86. The number of hydrogen-bond acceptors (Lipinski definition) is 4. The summed E-state index contributed by atoms with van der Waals surface area (Å²) >= 11 is 0. The highest BCUT2D eigenvalue weighted by molar-refractivity contribution is 5.84. The highest BCUT2D eigenvalue weighted by atomic mass is 16.6. The molecule has 0 bridgehead atoms. The molecule has 0 spiro atoms. The highest BCUT2D eigenvalue weighted by Crippen LogP contribution is 2.44. The van der Waals surface area contributed by atoms with Crippen molar-refractivity contribution in [2.75, 3.05) is 16.8 Å². The summed E-state index contributed by atoms with van der Waals surface area (Å²) in [6.07, 6.45) is 5.56. The van der Waals surface area contributed by atoms with Crippen molar-refractivity contribution in [3.8, 4) is 22.3 Å². The van der Waals surface area contributed by atoms with Crippen molar-refractivity contribution in [2.45, 2.75) is 19.3 Å². The number of nitrogens with zero attached hydrogens (tertiary/aromatic N) is 3. The van der Waals surface area contributed by atoms with E-state index in [0.717, 1.165) is 40.3 Å². The Kier molecular flexibility index (Phi) is 8.11. The summed E-state index contributed by atoms with van der Waals surface area (Å²) in [4.78, 5) is 15.1. The summed E-state index contributed by atoms with van der Waals surface area (Å²) in [5.41, 5.74) is 12.7. The van der Waals surface area contributed by atoms with Crippen LogP contribution in [0.4, 0.5) is 34.1 Å². The molecule has 6 aromatic rings. The van der Waals surface area contributed by atoms with Gasteiger partial charge >= 0.3 is 0 Å². The summed E-state index contributed by atoms with van der Waals surface area (Å²) < 4.78 is 0. The molecule has 0 amide bonds. The van der Waals surface area contributed by atoms with E-state index >= 15 is 0 Å². The predicted octanol–water partition coefficient (Wildman–Crippen LogP) is 11.7. The first-order chi connectivity index (χ1) is 23.0. The SMILES string of the molecule is CC1CC=Cc2cccc(N(c3ccc(-c4ccccc4)cc3)c3ccc(-c4ccc(N(C)c5ccc([N+](=O)[O-])cc5)cc4)cc3)c21. The largest absolute Gasteiger partial charge is 0.345 e. The van der Waals surface area contributed by atoms with Crippen molar-refractivity contribution >= 4 is 40.2 Å². The van der Waals surface area contributed by atoms with Crippen LogP contribution in [0.15, 0.2) is 152 Å². The van der Waals surface area contributed by atoms with Gasteiger partial charge < -0.3 is 9.80 Å². The Bertz CT molecular complexity index is 2030. The lowest BCUT2D eigenvalue weighted by Gasteiger charge is -2.31. The Morgan fingerprint density at radius 3 is 1.62 bits per heavy atom. The van der Waals surface area contributed by atoms with Gasteiger partial charge in [-0.25, -0.2) is 0 Å². The number of nitro benzene ring substituents is 1. The van der Waals surface area contributed by atoms with Gasteiger partial charge in [0.15, 0.2) is 0 Å². The van der Waals surface area contributed by atoms with Crippen molar-refractivity contribution in [3.05, 3.63) is 173 Å². The van der Waals surface area contributed by atoms with E-state index in [9.17, 15) is 10.1 Å². The molecule has 7 rings (SSSR count). The number of fused-ring (bicyclic) bond motifs is 1. The van der Waals surface area contributed by atoms with Crippen LogP contribution in [0, 0.1) is 10.1 Å². The van der Waals surface area contributed by atoms with E-state index in [0.29, 0.717) is 5.92 Å². The van der Waals surface area contributed by atoms with E-state index in [1.165, 1.54) is 40.1 Å². The van der Waals surface area contributed by atoms with Crippen molar-refractivity contribution in [3.63, 3.8) is 0 Å². The van der Waals surface area contributed by atoms with Gasteiger partial charge in [0.25, 0.3) is 5.69 Å². The second-order valence-corrected chi connectivity index (χ2v) is 12.0. The number of rotatable bonds is 8. The number of hydrogen-bond donors (Lipinski definition) is 0. The van der Waals surface area contributed by atoms with Crippen LogP contribution < -0.4 is 9.80 Å². The molecule has 0 saturated carbocycles. The third-order valence-corrected chi connectivity index (χ3v) is 9.03. The molecule has 1 unspecified atom stereocenters. The third kappa shape index (κ3) is 6.03. The molecule has 0 heterocycles. The molecule has 1 aliphatic carbocycles. The van der Waals surface area contributed by atoms with Gasteiger partial charge in [-0.2, -0.15) is 0 Å². The molecule has 5 heteroatoms. The Hall–Kier alpha value is -5.94. The number of nitro groups is 1. The van der Waals surface area contributed by atoms with Crippen LogP contribution in [0.2, 0.25) is 0 Å². The van der Waals surface area contributed by atoms with E-state index in [1.54, 1.807) is 12.1 Å². The molecular formula is C42H35N3O2. The first-order valence-electron chi connectivity index (χ1n) is 15.9. The summed E-state index contributed by atoms with van der Waals surface area (Å²) in [6.45, 7) is 2.31. The quantitative estimate of drug-likeness (QED) is 0.127. The average molecular weight is 614 g/mol. The lowest BCUT2D eigenvalue weighted by Crippen LogP contribution is -2.15. The second kappa shape index (κ2) is 12.8. The second-order valence-electron chi connectivity index (χ2n) is 12.0. The maximum Gasteiger partial charge on any atom is 0.269 e. The minimum atomic E-state index is -0.379. The van der Waals surface area contributed by atoms with Crippen molar-refractivity contribution in [1.29, 1.82) is 0 Å². The Labute approximate surface area is 275 Å². The smallest absolute Gasteiger partial charge is 0.269 e. The Morgan fingerprint density at radius 1 is 0.596 bits per heavy atom. The predicted molar refractivity (Wildman–Crippen MR) is 195 cm³/mol. The first-order valence-corrected chi connectivity index (χ1v) is 15.9. The summed E-state index contributed by atoms with van der Waals surface area (Å²) in [7, 11) is 1.96. The van der Waals surface area contributed by atoms with Gasteiger partial charge in [-0.3, -0.25) is 10.1 Å². The monoisotopic (exact) mass is 613 g/mol. The van der Waals surface area contributed by atoms with Crippen molar-refractivity contribution in [2.24, 2.45) is 0 Å². The maximum atomic E-state index is 11.0. The molecule has 0 fully saturated rings. The van der Waals surface area contributed by atoms with Gasteiger partial charge in [0.1, 0.15) is 0 Å². The first kappa shape index (κ1) is 29.8. The van der Waals surface area contributed by atoms with E-state index in [1.807, 2.05) is 18.0 Å². The van der Waals surface area contributed by atoms with Crippen molar-refractivity contribution in [1.82, 2.24) is 0 Å². The van der Waals surface area contributed by atoms with E-state index in [2.05, 4.69) is 139 Å². The van der Waals surface area contributed by atoms with Crippen LogP contribution in [-0.4, -0.2) is 12.0 Å². The van der Waals surface area contributed by atoms with E-state index in [4.69, 9.17) is 0 Å². The minimum absolute atomic E-state index is 0.0854. The molecule has 0 radical (unpaired) electrons. The van der Waals surface area contributed by atoms with E-state index < -0.39 is 0 Å². The van der Waals surface area contributed by atoms with Gasteiger partial charge in [0, 0.05) is 41.9 Å². The van der Waals surface area contributed by atoms with Crippen LogP contribution in [-0.2, 0) is 0 Å². The van der Waals surface area contributed by atoms with Gasteiger partial charge in [0.05, 0.1) is 10.6 Å². The lowest BCUT2D eigenvalue weighted by molar-refractivity contribution is -0.384. The molecule has 0 saturated heterocycles. The van der Waals surface area contributed by atoms with Gasteiger partial charge in [0.2, 0.25) is 0 Å². The van der Waals surface area contributed by atoms with E-state index in [-0.39, 0.29) is 10.6 Å². The van der Waals surface area contributed by atoms with Crippen molar-refractivity contribution < 1.29 is 4.92 Å². The fourth-order valence-electron chi connectivity index (χ4n) is 6.45. The molecule has 47 heavy (non-hydrogen) atoms. The zero-order valence-electron chi connectivity index (χ0n) is 26.5. The number of non-ortho nitro benzene ring substituents is 1. The number of anilines is 5. The molecule has 5 nitrogen and oxygen atoms in total. The van der Waals surface area contributed by atoms with Crippen LogP contribution in [0.1, 0.15) is 30.4 Å². The maximum absolute atomic E-state index is 11.0. The zero-order valence-corrected chi connectivity index (χ0v) is 26.5. The third-order valence-electron chi connectivity index (χ3n) is 9.03. The standard InChI is InChI=1S/C42H35N3O2/c1-30-8-6-11-35-12-7-13-41(42(30)35)44(38-22-16-32(17-23-38)31-9-4-3-5-10-31)39-24-18-34(19-25-39)33-14-20-36(21-15-33)43(2)37-26-28-40(29-27-37)45(46)47/h3-7,9-30H,8H2,1-2H3. The van der Waals surface area contributed by atoms with Crippen LogP contribution in [0.5, 0.6) is 0 Å². The van der Waals surface area contributed by atoms with Crippen LogP contribution in [0.25, 0.3) is 28.3 Å². The fourth-order valence-corrected chi connectivity index (χ4v) is 6.45. The average Bonchev–Trinajstić information content (AvgIpc) is 3.13. The summed E-state index contributed by atoms with van der Waals surface area (Å²) in [5.74, 6) is 0.416. The topological polar surface area (TPSA) is 49.6 Å². The molecule has 0 N–H and O–H groups in total. The normalized spacial score (nSPS) is 13.5. The molecular weight excluding hydrogens is 578 g/mol. The molecule has 230 valence electrons.